The molecule has 0 bridgehead atoms. The molecule has 108 valence electrons. The zero-order valence-corrected chi connectivity index (χ0v) is 11.5. The molecule has 0 atom stereocenters. The summed E-state index contributed by atoms with van der Waals surface area (Å²) in [6.07, 6.45) is -3.58. The predicted octanol–water partition coefficient (Wildman–Crippen LogP) is 4.27. The maximum atomic E-state index is 13.1. The normalized spacial score (nSPS) is 11.8. The minimum atomic E-state index is -4.60. The van der Waals surface area contributed by atoms with E-state index in [-0.39, 0.29) is 16.8 Å². The first kappa shape index (κ1) is 15.1. The molecule has 21 heavy (non-hydrogen) atoms. The van der Waals surface area contributed by atoms with Gasteiger partial charge in [-0.05, 0) is 17.7 Å². The van der Waals surface area contributed by atoms with Gasteiger partial charge in [0.05, 0.1) is 11.3 Å². The van der Waals surface area contributed by atoms with Gasteiger partial charge in [-0.2, -0.15) is 18.4 Å². The molecule has 0 amide bonds. The Bertz CT molecular complexity index is 722. The molecule has 0 aliphatic carbocycles. The largest absolute Gasteiger partial charge is 0.431 e. The van der Waals surface area contributed by atoms with Crippen LogP contribution in [0.5, 0.6) is 0 Å². The van der Waals surface area contributed by atoms with Crippen LogP contribution in [0.25, 0.3) is 11.3 Å². The smallest absolute Gasteiger partial charge is 0.349 e. The summed E-state index contributed by atoms with van der Waals surface area (Å²) in [5, 5.41) is 9.65. The maximum Gasteiger partial charge on any atom is 0.431 e. The summed E-state index contributed by atoms with van der Waals surface area (Å²) >= 11 is 5.76. The van der Waals surface area contributed by atoms with Crippen molar-refractivity contribution in [3.63, 3.8) is 0 Å². The number of H-pyrrole nitrogens is 1. The van der Waals surface area contributed by atoms with Crippen molar-refractivity contribution in [1.82, 2.24) is 4.98 Å². The Balaban J connectivity index is 2.73. The Morgan fingerprint density at radius 1 is 1.29 bits per heavy atom. The van der Waals surface area contributed by atoms with Crippen LogP contribution in [-0.4, -0.2) is 18.2 Å². The third kappa shape index (κ3) is 2.93. The van der Waals surface area contributed by atoms with Crippen LogP contribution in [0.1, 0.15) is 16.8 Å². The second-order valence-corrected chi connectivity index (χ2v) is 4.60. The lowest BCUT2D eigenvalue weighted by molar-refractivity contribution is -0.140. The molecular weight excluding hydrogens is 303 g/mol. The minimum Gasteiger partial charge on any atom is -0.349 e. The van der Waals surface area contributed by atoms with Gasteiger partial charge in [-0.3, -0.25) is 4.99 Å². The second kappa shape index (κ2) is 5.62. The average Bonchev–Trinajstić information content (AvgIpc) is 2.78. The van der Waals surface area contributed by atoms with E-state index in [4.69, 9.17) is 11.6 Å². The number of aromatic nitrogens is 1. The van der Waals surface area contributed by atoms with Crippen molar-refractivity contribution in [1.29, 1.82) is 5.26 Å². The molecule has 0 radical (unpaired) electrons. The Labute approximate surface area is 123 Å². The molecule has 1 aromatic heterocycles. The molecule has 0 saturated heterocycles. The van der Waals surface area contributed by atoms with Crippen molar-refractivity contribution in [3.8, 4) is 17.3 Å². The third-order valence-corrected chi connectivity index (χ3v) is 3.08. The van der Waals surface area contributed by atoms with Gasteiger partial charge < -0.3 is 4.98 Å². The van der Waals surface area contributed by atoms with E-state index in [1.54, 1.807) is 30.3 Å². The Hall–Kier alpha value is -2.26. The Morgan fingerprint density at radius 2 is 1.90 bits per heavy atom. The van der Waals surface area contributed by atoms with Crippen molar-refractivity contribution in [2.24, 2.45) is 4.99 Å². The molecule has 0 unspecified atom stereocenters. The van der Waals surface area contributed by atoms with Crippen LogP contribution < -0.4 is 0 Å². The van der Waals surface area contributed by atoms with E-state index < -0.39 is 11.9 Å². The number of hydrogen-bond donors (Lipinski definition) is 1. The molecule has 0 spiro atoms. The summed E-state index contributed by atoms with van der Waals surface area (Å²) in [5.41, 5.74) is -0.823. The van der Waals surface area contributed by atoms with E-state index in [1.807, 2.05) is 0 Å². The fraction of sp³-hybridized carbons (Fsp3) is 0.143. The van der Waals surface area contributed by atoms with Gasteiger partial charge in [0.1, 0.15) is 11.8 Å². The standard InChI is InChI=1S/C14H9ClF3N3/c1-20-7-11-10(6-19)12(21-13(11)14(16,17)18)8-2-4-9(15)5-3-8/h2-5,7,21H,1H3. The summed E-state index contributed by atoms with van der Waals surface area (Å²) in [7, 11) is 1.34. The number of aliphatic imine (C=N–C) groups is 1. The number of nitrogens with one attached hydrogen (secondary N) is 1. The van der Waals surface area contributed by atoms with Crippen LogP contribution >= 0.6 is 11.6 Å². The van der Waals surface area contributed by atoms with E-state index >= 15 is 0 Å². The third-order valence-electron chi connectivity index (χ3n) is 2.83. The minimum absolute atomic E-state index is 0.0939. The highest BCUT2D eigenvalue weighted by Gasteiger charge is 2.37. The van der Waals surface area contributed by atoms with Crippen molar-refractivity contribution >= 4 is 17.8 Å². The SMILES string of the molecule is CN=Cc1c(C(F)(F)F)[nH]c(-c2ccc(Cl)cc2)c1C#N. The molecule has 1 N–H and O–H groups in total. The first-order chi connectivity index (χ1) is 9.88. The molecule has 0 aliphatic rings. The monoisotopic (exact) mass is 311 g/mol. The number of rotatable bonds is 2. The number of hydrogen-bond acceptors (Lipinski definition) is 2. The number of halogens is 4. The fourth-order valence-electron chi connectivity index (χ4n) is 1.95. The van der Waals surface area contributed by atoms with Crippen molar-refractivity contribution < 1.29 is 13.2 Å². The lowest BCUT2D eigenvalue weighted by atomic mass is 10.1. The van der Waals surface area contributed by atoms with Gasteiger partial charge in [0.25, 0.3) is 0 Å². The predicted molar refractivity (Wildman–Crippen MR) is 74.5 cm³/mol. The summed E-state index contributed by atoms with van der Waals surface area (Å²) < 4.78 is 39.2. The first-order valence-electron chi connectivity index (χ1n) is 5.79. The highest BCUT2D eigenvalue weighted by molar-refractivity contribution is 6.30. The molecule has 1 heterocycles. The van der Waals surface area contributed by atoms with E-state index in [0.717, 1.165) is 6.21 Å². The quantitative estimate of drug-likeness (QED) is 0.827. The summed E-state index contributed by atoms with van der Waals surface area (Å²) in [6, 6.07) is 7.97. The number of alkyl halides is 3. The Morgan fingerprint density at radius 3 is 2.38 bits per heavy atom. The number of aromatic amines is 1. The first-order valence-corrected chi connectivity index (χ1v) is 6.17. The lowest BCUT2D eigenvalue weighted by Gasteiger charge is -2.04. The van der Waals surface area contributed by atoms with E-state index in [0.29, 0.717) is 10.6 Å². The Kier molecular flexibility index (Phi) is 4.05. The molecule has 7 heteroatoms. The second-order valence-electron chi connectivity index (χ2n) is 4.17. The highest BCUT2D eigenvalue weighted by atomic mass is 35.5. The molecule has 0 aliphatic heterocycles. The van der Waals surface area contributed by atoms with Crippen LogP contribution in [0, 0.1) is 11.3 Å². The van der Waals surface area contributed by atoms with Gasteiger partial charge in [-0.1, -0.05) is 23.7 Å². The molecule has 1 aromatic carbocycles. The molecule has 0 saturated carbocycles. The number of benzene rings is 1. The molecular formula is C14H9ClF3N3. The van der Waals surface area contributed by atoms with E-state index in [9.17, 15) is 18.4 Å². The van der Waals surface area contributed by atoms with Gasteiger partial charge in [0.15, 0.2) is 0 Å². The van der Waals surface area contributed by atoms with Gasteiger partial charge in [-0.25, -0.2) is 0 Å². The van der Waals surface area contributed by atoms with Crippen LogP contribution in [-0.2, 0) is 6.18 Å². The van der Waals surface area contributed by atoms with Crippen LogP contribution in [0.3, 0.4) is 0 Å². The fourth-order valence-corrected chi connectivity index (χ4v) is 2.07. The van der Waals surface area contributed by atoms with Crippen molar-refractivity contribution in [3.05, 3.63) is 46.1 Å². The van der Waals surface area contributed by atoms with E-state index in [1.165, 1.54) is 7.05 Å². The zero-order valence-electron chi connectivity index (χ0n) is 10.8. The van der Waals surface area contributed by atoms with Gasteiger partial charge in [0, 0.05) is 23.8 Å². The maximum absolute atomic E-state index is 13.1. The van der Waals surface area contributed by atoms with Crippen molar-refractivity contribution in [2.75, 3.05) is 7.05 Å². The van der Waals surface area contributed by atoms with Gasteiger partial charge >= 0.3 is 6.18 Å². The lowest BCUT2D eigenvalue weighted by Crippen LogP contribution is -2.08. The van der Waals surface area contributed by atoms with Gasteiger partial charge in [0.2, 0.25) is 0 Å². The van der Waals surface area contributed by atoms with Crippen LogP contribution in [0.15, 0.2) is 29.3 Å². The highest BCUT2D eigenvalue weighted by Crippen LogP contribution is 2.36. The van der Waals surface area contributed by atoms with Crippen LogP contribution in [0.4, 0.5) is 13.2 Å². The topological polar surface area (TPSA) is 51.9 Å². The molecule has 3 nitrogen and oxygen atoms in total. The van der Waals surface area contributed by atoms with Crippen LogP contribution in [0.2, 0.25) is 5.02 Å². The molecule has 2 rings (SSSR count). The van der Waals surface area contributed by atoms with E-state index in [2.05, 4.69) is 9.98 Å². The number of nitriles is 1. The van der Waals surface area contributed by atoms with Crippen molar-refractivity contribution in [2.45, 2.75) is 6.18 Å². The number of nitrogens with zero attached hydrogens (tertiary/aromatic N) is 2. The summed E-state index contributed by atoms with van der Waals surface area (Å²) in [5.74, 6) is 0. The zero-order chi connectivity index (χ0) is 15.6. The summed E-state index contributed by atoms with van der Waals surface area (Å²) in [4.78, 5) is 5.87. The average molecular weight is 312 g/mol. The molecule has 2 aromatic rings. The molecule has 0 fully saturated rings. The summed E-state index contributed by atoms with van der Waals surface area (Å²) in [6.45, 7) is 0. The van der Waals surface area contributed by atoms with Gasteiger partial charge in [-0.15, -0.1) is 0 Å².